The lowest BCUT2D eigenvalue weighted by Gasteiger charge is -2.31. The molecule has 0 spiro atoms. The summed E-state index contributed by atoms with van der Waals surface area (Å²) in [6, 6.07) is 4.93. The molecule has 7 heteroatoms. The molecule has 1 aliphatic carbocycles. The van der Waals surface area contributed by atoms with Crippen molar-refractivity contribution in [1.29, 1.82) is 0 Å². The van der Waals surface area contributed by atoms with Crippen molar-refractivity contribution in [3.63, 3.8) is 0 Å². The SMILES string of the molecule is [2H]C([2H])([2H])N(C1CCC(C(=O)Nc2ncc3ccc(-c4cnc(C)o4)cc3n2)CC1)C([2H])([2H])[2H]. The standard InChI is InChI=1S/C21H25N5O2/c1-13-22-12-19(28-13)15-4-5-16-11-23-21(24-18(16)10-15)25-20(27)14-6-8-17(9-7-14)26(2)3/h4-5,10-12,14,17H,6-9H2,1-3H3,(H,23,24,25,27)/i2D3,3D3. The maximum absolute atomic E-state index is 12.8. The van der Waals surface area contributed by atoms with Gasteiger partial charge in [0.05, 0.1) is 11.7 Å². The zero-order valence-corrected chi connectivity index (χ0v) is 15.5. The van der Waals surface area contributed by atoms with Crippen LogP contribution in [0.25, 0.3) is 22.2 Å². The molecule has 0 bridgehead atoms. The summed E-state index contributed by atoms with van der Waals surface area (Å²) in [5, 5.41) is 3.54. The lowest BCUT2D eigenvalue weighted by atomic mass is 9.85. The highest BCUT2D eigenvalue weighted by Crippen LogP contribution is 2.28. The first kappa shape index (κ1) is 12.6. The Morgan fingerprint density at radius 1 is 1.21 bits per heavy atom. The minimum Gasteiger partial charge on any atom is -0.441 e. The van der Waals surface area contributed by atoms with Crippen LogP contribution in [-0.4, -0.2) is 45.8 Å². The molecule has 0 aliphatic heterocycles. The summed E-state index contributed by atoms with van der Waals surface area (Å²) < 4.78 is 51.1. The lowest BCUT2D eigenvalue weighted by molar-refractivity contribution is -0.121. The summed E-state index contributed by atoms with van der Waals surface area (Å²) in [6.07, 6.45) is 4.61. The van der Waals surface area contributed by atoms with Crippen molar-refractivity contribution in [2.24, 2.45) is 5.92 Å². The summed E-state index contributed by atoms with van der Waals surface area (Å²) in [5.74, 6) is 0.685. The third-order valence-corrected chi connectivity index (χ3v) is 5.16. The number of hydrogen-bond acceptors (Lipinski definition) is 6. The van der Waals surface area contributed by atoms with E-state index in [1.807, 2.05) is 18.2 Å². The van der Waals surface area contributed by atoms with E-state index in [1.165, 1.54) is 0 Å². The summed E-state index contributed by atoms with van der Waals surface area (Å²) in [6.45, 7) is -3.70. The van der Waals surface area contributed by atoms with Crippen LogP contribution in [0.2, 0.25) is 0 Å². The van der Waals surface area contributed by atoms with E-state index in [2.05, 4.69) is 20.3 Å². The van der Waals surface area contributed by atoms with E-state index in [9.17, 15) is 4.79 Å². The summed E-state index contributed by atoms with van der Waals surface area (Å²) >= 11 is 0. The number of hydrogen-bond donors (Lipinski definition) is 1. The summed E-state index contributed by atoms with van der Waals surface area (Å²) in [7, 11) is 0. The molecule has 1 aliphatic rings. The topological polar surface area (TPSA) is 84.2 Å². The van der Waals surface area contributed by atoms with Crippen LogP contribution >= 0.6 is 0 Å². The molecule has 146 valence electrons. The fourth-order valence-corrected chi connectivity index (χ4v) is 3.54. The van der Waals surface area contributed by atoms with E-state index in [4.69, 9.17) is 12.6 Å². The van der Waals surface area contributed by atoms with Crippen LogP contribution in [-0.2, 0) is 4.79 Å². The Labute approximate surface area is 172 Å². The Hall–Kier alpha value is -2.80. The number of aryl methyl sites for hydroxylation is 1. The van der Waals surface area contributed by atoms with Gasteiger partial charge in [-0.1, -0.05) is 12.1 Å². The van der Waals surface area contributed by atoms with Crippen molar-refractivity contribution < 1.29 is 17.4 Å². The van der Waals surface area contributed by atoms with Crippen molar-refractivity contribution in [3.8, 4) is 11.3 Å². The predicted octanol–water partition coefficient (Wildman–Crippen LogP) is 3.65. The number of nitrogens with one attached hydrogen (secondary N) is 1. The van der Waals surface area contributed by atoms with E-state index >= 15 is 0 Å². The first-order chi connectivity index (χ1) is 15.9. The maximum atomic E-state index is 12.8. The van der Waals surface area contributed by atoms with Gasteiger partial charge in [0.1, 0.15) is 0 Å². The highest BCUT2D eigenvalue weighted by Gasteiger charge is 2.27. The fraction of sp³-hybridized carbons (Fsp3) is 0.429. The van der Waals surface area contributed by atoms with Gasteiger partial charge in [-0.05, 0) is 45.7 Å². The van der Waals surface area contributed by atoms with Crippen molar-refractivity contribution in [2.45, 2.75) is 38.6 Å². The van der Waals surface area contributed by atoms with E-state index in [1.54, 1.807) is 19.3 Å². The Morgan fingerprint density at radius 2 is 2.04 bits per heavy atom. The number of anilines is 1. The van der Waals surface area contributed by atoms with Crippen molar-refractivity contribution in [1.82, 2.24) is 19.9 Å². The quantitative estimate of drug-likeness (QED) is 0.738. The second-order valence-electron chi connectivity index (χ2n) is 7.08. The number of oxazole rings is 1. The molecule has 1 N–H and O–H groups in total. The van der Waals surface area contributed by atoms with Gasteiger partial charge >= 0.3 is 0 Å². The van der Waals surface area contributed by atoms with Crippen LogP contribution in [0, 0.1) is 12.8 Å². The van der Waals surface area contributed by atoms with E-state index in [0.717, 1.165) is 10.9 Å². The number of fused-ring (bicyclic) bond motifs is 1. The highest BCUT2D eigenvalue weighted by molar-refractivity contribution is 5.92. The van der Waals surface area contributed by atoms with Gasteiger partial charge in [0.15, 0.2) is 11.7 Å². The second-order valence-corrected chi connectivity index (χ2v) is 7.08. The molecule has 2 heterocycles. The van der Waals surface area contributed by atoms with Crippen LogP contribution in [0.15, 0.2) is 35.0 Å². The number of carbonyl (C=O) groups excluding carboxylic acids is 1. The summed E-state index contributed by atoms with van der Waals surface area (Å²) in [5.41, 5.74) is 1.43. The molecule has 0 unspecified atom stereocenters. The molecule has 0 atom stereocenters. The fourth-order valence-electron chi connectivity index (χ4n) is 3.54. The zero-order chi connectivity index (χ0) is 24.7. The third-order valence-electron chi connectivity index (χ3n) is 5.16. The van der Waals surface area contributed by atoms with E-state index < -0.39 is 20.0 Å². The first-order valence-electron chi connectivity index (χ1n) is 12.2. The van der Waals surface area contributed by atoms with Gasteiger partial charge < -0.3 is 9.32 Å². The van der Waals surface area contributed by atoms with E-state index in [-0.39, 0.29) is 17.8 Å². The number of carbonyl (C=O) groups is 1. The molecule has 1 amide bonds. The minimum atomic E-state index is -2.73. The Balaban J connectivity index is 1.43. The number of nitrogens with zero attached hydrogens (tertiary/aromatic N) is 4. The van der Waals surface area contributed by atoms with Gasteiger partial charge in [0, 0.05) is 44.3 Å². The number of aromatic nitrogens is 3. The van der Waals surface area contributed by atoms with Crippen molar-refractivity contribution in [2.75, 3.05) is 19.3 Å². The van der Waals surface area contributed by atoms with Crippen LogP contribution in [0.1, 0.15) is 39.8 Å². The number of amides is 1. The number of benzene rings is 1. The molecule has 2 aromatic heterocycles. The van der Waals surface area contributed by atoms with Crippen molar-refractivity contribution in [3.05, 3.63) is 36.5 Å². The molecular weight excluding hydrogens is 354 g/mol. The van der Waals surface area contributed by atoms with Crippen LogP contribution in [0.3, 0.4) is 0 Å². The van der Waals surface area contributed by atoms with Gasteiger partial charge in [-0.25, -0.2) is 15.0 Å². The molecular formula is C21H25N5O2. The van der Waals surface area contributed by atoms with Crippen LogP contribution < -0.4 is 5.32 Å². The molecule has 1 fully saturated rings. The predicted molar refractivity (Wildman–Crippen MR) is 108 cm³/mol. The molecule has 28 heavy (non-hydrogen) atoms. The number of rotatable bonds is 4. The van der Waals surface area contributed by atoms with Gasteiger partial charge in [-0.3, -0.25) is 10.1 Å². The van der Waals surface area contributed by atoms with Gasteiger partial charge in [0.2, 0.25) is 11.9 Å². The Morgan fingerprint density at radius 3 is 2.75 bits per heavy atom. The third kappa shape index (κ3) is 3.89. The zero-order valence-electron chi connectivity index (χ0n) is 21.5. The Kier molecular flexibility index (Phi) is 3.46. The Bertz CT molecular complexity index is 1170. The average Bonchev–Trinajstić information content (AvgIpc) is 3.18. The van der Waals surface area contributed by atoms with Crippen molar-refractivity contribution >= 4 is 22.8 Å². The van der Waals surface area contributed by atoms with Crippen LogP contribution in [0.5, 0.6) is 0 Å². The molecule has 0 radical (unpaired) electrons. The minimum absolute atomic E-state index is 0.164. The maximum Gasteiger partial charge on any atom is 0.229 e. The molecule has 3 aromatic rings. The molecule has 4 rings (SSSR count). The molecule has 7 nitrogen and oxygen atoms in total. The highest BCUT2D eigenvalue weighted by atomic mass is 16.4. The van der Waals surface area contributed by atoms with Crippen LogP contribution in [0.4, 0.5) is 5.95 Å². The average molecular weight is 386 g/mol. The largest absolute Gasteiger partial charge is 0.441 e. The molecule has 1 saturated carbocycles. The monoisotopic (exact) mass is 385 g/mol. The van der Waals surface area contributed by atoms with Gasteiger partial charge in [-0.2, -0.15) is 0 Å². The normalized spacial score (nSPS) is 23.9. The van der Waals surface area contributed by atoms with E-state index in [0.29, 0.717) is 47.8 Å². The lowest BCUT2D eigenvalue weighted by Crippen LogP contribution is -2.35. The van der Waals surface area contributed by atoms with Gasteiger partial charge in [0.25, 0.3) is 0 Å². The summed E-state index contributed by atoms with van der Waals surface area (Å²) in [4.78, 5) is 26.2. The first-order valence-corrected chi connectivity index (χ1v) is 9.22. The molecule has 0 saturated heterocycles. The molecule has 1 aromatic carbocycles. The van der Waals surface area contributed by atoms with Gasteiger partial charge in [-0.15, -0.1) is 0 Å². The smallest absolute Gasteiger partial charge is 0.229 e. The second kappa shape index (κ2) is 7.67.